The Kier molecular flexibility index (Phi) is 30.2. The van der Waals surface area contributed by atoms with Crippen molar-refractivity contribution in [2.75, 3.05) is 13.2 Å². The third-order valence-corrected chi connectivity index (χ3v) is 10.8. The van der Waals surface area contributed by atoms with Gasteiger partial charge in [0.2, 0.25) is 0 Å². The summed E-state index contributed by atoms with van der Waals surface area (Å²) >= 11 is 0. The quantitative estimate of drug-likeness (QED) is 0.0164. The van der Waals surface area contributed by atoms with Crippen LogP contribution in [0.5, 0.6) is 0 Å². The molecule has 1 aliphatic rings. The molecule has 6 unspecified atom stereocenters. The average molecular weight is 807 g/mol. The Morgan fingerprint density at radius 1 is 0.564 bits per heavy atom. The lowest BCUT2D eigenvalue weighted by molar-refractivity contribution is -0.220. The second-order valence-corrected chi connectivity index (χ2v) is 16.3. The molecule has 1 saturated carbocycles. The van der Waals surface area contributed by atoms with Crippen LogP contribution in [0.1, 0.15) is 168 Å². The largest absolute Gasteiger partial charge is 0.472 e. The van der Waals surface area contributed by atoms with Crippen LogP contribution in [0.3, 0.4) is 0 Å². The summed E-state index contributed by atoms with van der Waals surface area (Å²) in [5, 5.41) is 50.0. The molecule has 0 aromatic rings. The van der Waals surface area contributed by atoms with Crippen LogP contribution < -0.4 is 0 Å². The first kappa shape index (κ1) is 51.3. The van der Waals surface area contributed by atoms with Crippen LogP contribution in [-0.2, 0) is 32.7 Å². The zero-order chi connectivity index (χ0) is 40.7. The molecular formula is C41H75O13P. The molecule has 0 aliphatic heterocycles. The van der Waals surface area contributed by atoms with Gasteiger partial charge in [-0.15, -0.1) is 0 Å². The minimum absolute atomic E-state index is 0.0962. The number of allylic oxidation sites excluding steroid dienone is 4. The van der Waals surface area contributed by atoms with Crippen LogP contribution in [0.4, 0.5) is 0 Å². The van der Waals surface area contributed by atoms with Gasteiger partial charge in [-0.05, 0) is 38.5 Å². The number of esters is 2. The second-order valence-electron chi connectivity index (χ2n) is 14.9. The van der Waals surface area contributed by atoms with Crippen LogP contribution in [-0.4, -0.2) is 98.3 Å². The van der Waals surface area contributed by atoms with Crippen molar-refractivity contribution >= 4 is 19.8 Å². The van der Waals surface area contributed by atoms with E-state index in [9.17, 15) is 44.6 Å². The van der Waals surface area contributed by atoms with Gasteiger partial charge in [-0.1, -0.05) is 141 Å². The van der Waals surface area contributed by atoms with Gasteiger partial charge in [-0.25, -0.2) is 4.57 Å². The maximum absolute atomic E-state index is 12.8. The molecule has 1 fully saturated rings. The number of hydrogen-bond acceptors (Lipinski definition) is 12. The summed E-state index contributed by atoms with van der Waals surface area (Å²) in [6.07, 6.45) is 19.6. The van der Waals surface area contributed by atoms with E-state index < -0.39 is 75.7 Å². The number of ether oxygens (including phenoxy) is 2. The third kappa shape index (κ3) is 25.3. The number of carbonyl (C=O) groups excluding carboxylic acids is 2. The lowest BCUT2D eigenvalue weighted by Crippen LogP contribution is -2.64. The Hall–Kier alpha value is -1.67. The van der Waals surface area contributed by atoms with E-state index in [4.69, 9.17) is 18.5 Å². The molecule has 8 atom stereocenters. The van der Waals surface area contributed by atoms with Crippen LogP contribution in [0, 0.1) is 0 Å². The predicted molar refractivity (Wildman–Crippen MR) is 212 cm³/mol. The Labute approximate surface area is 330 Å². The smallest absolute Gasteiger partial charge is 0.462 e. The van der Waals surface area contributed by atoms with E-state index in [1.807, 2.05) is 0 Å². The summed E-state index contributed by atoms with van der Waals surface area (Å²) in [4.78, 5) is 35.5. The summed E-state index contributed by atoms with van der Waals surface area (Å²) in [6, 6.07) is 0. The standard InChI is InChI=1S/C41H75O13P/c1-3-5-7-9-11-13-15-16-17-18-20-21-23-25-27-29-34(42)51-31-33(53-35(43)30-28-26-24-22-19-14-12-10-8-6-4-2)32-52-55(49,50)54-41-39(47)37(45)36(44)38(46)40(41)48/h13,15-17,33,36-41,44-48H,3-12,14,18-32H2,1-2H3,(H,49,50)/b15-13+,17-16+/t33-,36?,37-,38?,39?,40?,41?/m1/s1. The van der Waals surface area contributed by atoms with E-state index in [-0.39, 0.29) is 12.8 Å². The summed E-state index contributed by atoms with van der Waals surface area (Å²) < 4.78 is 33.4. The van der Waals surface area contributed by atoms with E-state index >= 15 is 0 Å². The molecule has 0 spiro atoms. The fourth-order valence-electron chi connectivity index (χ4n) is 6.34. The maximum Gasteiger partial charge on any atom is 0.472 e. The van der Waals surface area contributed by atoms with Crippen LogP contribution in [0.25, 0.3) is 0 Å². The van der Waals surface area contributed by atoms with Gasteiger partial charge in [0, 0.05) is 12.8 Å². The first-order valence-electron chi connectivity index (χ1n) is 21.2. The van der Waals surface area contributed by atoms with Crippen molar-refractivity contribution in [2.24, 2.45) is 0 Å². The number of unbranched alkanes of at least 4 members (excludes halogenated alkanes) is 19. The van der Waals surface area contributed by atoms with Crippen molar-refractivity contribution in [1.29, 1.82) is 0 Å². The second kappa shape index (κ2) is 32.3. The molecule has 55 heavy (non-hydrogen) atoms. The zero-order valence-corrected chi connectivity index (χ0v) is 34.6. The molecule has 0 aromatic heterocycles. The number of aliphatic hydroxyl groups excluding tert-OH is 5. The van der Waals surface area contributed by atoms with E-state index in [0.717, 1.165) is 64.2 Å². The number of carbonyl (C=O) groups is 2. The Bertz CT molecular complexity index is 1070. The SMILES string of the molecule is CCCCCC/C=C/C=C/CCCCCCCC(=O)OC[C@H](COP(=O)(O)OC1C(O)C(O)C(O)[C@@H](O)C1O)OC(=O)CCCCCCCCCCCCC. The fraction of sp³-hybridized carbons (Fsp3) is 0.854. The van der Waals surface area contributed by atoms with Gasteiger partial charge in [0.15, 0.2) is 6.10 Å². The van der Waals surface area contributed by atoms with E-state index in [2.05, 4.69) is 38.2 Å². The first-order chi connectivity index (χ1) is 26.4. The highest BCUT2D eigenvalue weighted by molar-refractivity contribution is 7.47. The number of rotatable bonds is 34. The summed E-state index contributed by atoms with van der Waals surface area (Å²) in [5.74, 6) is -1.12. The van der Waals surface area contributed by atoms with Gasteiger partial charge in [0.1, 0.15) is 43.2 Å². The molecule has 1 rings (SSSR count). The molecule has 1 aliphatic carbocycles. The normalized spacial score (nSPS) is 23.3. The van der Waals surface area contributed by atoms with Crippen molar-refractivity contribution in [1.82, 2.24) is 0 Å². The highest BCUT2D eigenvalue weighted by Gasteiger charge is 2.51. The Balaban J connectivity index is 2.51. The topological polar surface area (TPSA) is 210 Å². The molecule has 6 N–H and O–H groups in total. The van der Waals surface area contributed by atoms with Crippen LogP contribution in [0.2, 0.25) is 0 Å². The van der Waals surface area contributed by atoms with Crippen LogP contribution in [0.15, 0.2) is 24.3 Å². The van der Waals surface area contributed by atoms with Crippen molar-refractivity contribution in [2.45, 2.75) is 211 Å². The van der Waals surface area contributed by atoms with Gasteiger partial charge in [0.05, 0.1) is 6.61 Å². The van der Waals surface area contributed by atoms with Gasteiger partial charge in [-0.2, -0.15) is 0 Å². The molecule has 0 bridgehead atoms. The highest BCUT2D eigenvalue weighted by atomic mass is 31.2. The van der Waals surface area contributed by atoms with Gasteiger partial charge >= 0.3 is 19.8 Å². The summed E-state index contributed by atoms with van der Waals surface area (Å²) in [5.41, 5.74) is 0. The number of phosphoric acid groups is 1. The number of hydrogen-bond donors (Lipinski definition) is 6. The molecule has 0 aromatic carbocycles. The number of aliphatic hydroxyl groups is 5. The van der Waals surface area contributed by atoms with Gasteiger partial charge < -0.3 is 39.9 Å². The van der Waals surface area contributed by atoms with Crippen molar-refractivity contribution in [3.05, 3.63) is 24.3 Å². The van der Waals surface area contributed by atoms with E-state index in [1.165, 1.54) is 64.2 Å². The lowest BCUT2D eigenvalue weighted by atomic mass is 9.85. The minimum Gasteiger partial charge on any atom is -0.462 e. The lowest BCUT2D eigenvalue weighted by Gasteiger charge is -2.41. The maximum atomic E-state index is 12.8. The molecule has 322 valence electrons. The van der Waals surface area contributed by atoms with Gasteiger partial charge in [-0.3, -0.25) is 18.6 Å². The molecule has 0 saturated heterocycles. The first-order valence-corrected chi connectivity index (χ1v) is 22.7. The Morgan fingerprint density at radius 3 is 1.45 bits per heavy atom. The van der Waals surface area contributed by atoms with E-state index in [0.29, 0.717) is 12.8 Å². The molecular weight excluding hydrogens is 731 g/mol. The van der Waals surface area contributed by atoms with Gasteiger partial charge in [0.25, 0.3) is 0 Å². The molecule has 14 heteroatoms. The highest BCUT2D eigenvalue weighted by Crippen LogP contribution is 2.47. The van der Waals surface area contributed by atoms with Crippen molar-refractivity contribution < 1.29 is 63.1 Å². The molecule has 0 heterocycles. The average Bonchev–Trinajstić information content (AvgIpc) is 3.16. The van der Waals surface area contributed by atoms with Crippen molar-refractivity contribution in [3.63, 3.8) is 0 Å². The summed E-state index contributed by atoms with van der Waals surface area (Å²) in [7, 11) is -5.11. The minimum atomic E-state index is -5.11. The molecule has 0 amide bonds. The van der Waals surface area contributed by atoms with Crippen LogP contribution >= 0.6 is 7.82 Å². The molecule has 0 radical (unpaired) electrons. The van der Waals surface area contributed by atoms with Crippen molar-refractivity contribution in [3.8, 4) is 0 Å². The summed E-state index contributed by atoms with van der Waals surface area (Å²) in [6.45, 7) is 3.23. The van der Waals surface area contributed by atoms with E-state index in [1.54, 1.807) is 0 Å². The fourth-order valence-corrected chi connectivity index (χ4v) is 7.31. The predicted octanol–water partition coefficient (Wildman–Crippen LogP) is 7.28. The zero-order valence-electron chi connectivity index (χ0n) is 33.7. The molecule has 13 nitrogen and oxygen atoms in total. The number of phosphoric ester groups is 1. The monoisotopic (exact) mass is 806 g/mol. The Morgan fingerprint density at radius 2 is 0.964 bits per heavy atom. The third-order valence-electron chi connectivity index (χ3n) is 9.82.